The second kappa shape index (κ2) is 6.52. The van der Waals surface area contributed by atoms with Gasteiger partial charge >= 0.3 is 0 Å². The molecule has 0 aromatic carbocycles. The molecule has 0 radical (unpaired) electrons. The summed E-state index contributed by atoms with van der Waals surface area (Å²) in [6.45, 7) is 4.59. The lowest BCUT2D eigenvalue weighted by atomic mass is 10.2. The van der Waals surface area contributed by atoms with Crippen LogP contribution in [0, 0.1) is 0 Å². The molecule has 3 nitrogen and oxygen atoms in total. The third-order valence-corrected chi connectivity index (χ3v) is 4.99. The number of piperazine rings is 1. The topological polar surface area (TPSA) is 32.3 Å². The molecule has 17 heavy (non-hydrogen) atoms. The number of carbonyl (C=O) groups excluding carboxylic acids is 1. The molecule has 0 bridgehead atoms. The SMILES string of the molecule is C[C@@H]1CNCCN1C(=O)c1cc(Br)sc1Br.Cl. The van der Waals surface area contributed by atoms with Crippen LogP contribution in [0.2, 0.25) is 0 Å². The molecular weight excluding hydrogens is 391 g/mol. The van der Waals surface area contributed by atoms with E-state index in [-0.39, 0.29) is 24.4 Å². The van der Waals surface area contributed by atoms with Gasteiger partial charge in [0.25, 0.3) is 5.91 Å². The Kier molecular flexibility index (Phi) is 5.92. The van der Waals surface area contributed by atoms with Crippen LogP contribution in [0.5, 0.6) is 0 Å². The number of rotatable bonds is 1. The monoisotopic (exact) mass is 402 g/mol. The number of nitrogens with zero attached hydrogens (tertiary/aromatic N) is 1. The van der Waals surface area contributed by atoms with Crippen molar-refractivity contribution in [2.24, 2.45) is 0 Å². The third kappa shape index (κ3) is 3.44. The molecule has 1 aliphatic heterocycles. The Balaban J connectivity index is 0.00000144. The van der Waals surface area contributed by atoms with Gasteiger partial charge in [-0.1, -0.05) is 0 Å². The van der Waals surface area contributed by atoms with Crippen molar-refractivity contribution in [3.8, 4) is 0 Å². The van der Waals surface area contributed by atoms with Crippen molar-refractivity contribution in [2.45, 2.75) is 13.0 Å². The lowest BCUT2D eigenvalue weighted by molar-refractivity contribution is 0.0655. The van der Waals surface area contributed by atoms with Gasteiger partial charge in [0, 0.05) is 25.7 Å². The van der Waals surface area contributed by atoms with E-state index in [4.69, 9.17) is 0 Å². The van der Waals surface area contributed by atoms with Crippen LogP contribution in [0.15, 0.2) is 13.6 Å². The summed E-state index contributed by atoms with van der Waals surface area (Å²) in [4.78, 5) is 14.2. The van der Waals surface area contributed by atoms with Crippen molar-refractivity contribution in [1.82, 2.24) is 10.2 Å². The van der Waals surface area contributed by atoms with Crippen LogP contribution in [0.25, 0.3) is 0 Å². The van der Waals surface area contributed by atoms with Gasteiger partial charge in [-0.3, -0.25) is 4.79 Å². The molecule has 96 valence electrons. The molecular formula is C10H13Br2ClN2OS. The van der Waals surface area contributed by atoms with E-state index in [1.54, 1.807) is 0 Å². The normalized spacial score (nSPS) is 19.9. The molecule has 0 unspecified atom stereocenters. The van der Waals surface area contributed by atoms with E-state index in [2.05, 4.69) is 44.1 Å². The quantitative estimate of drug-likeness (QED) is 0.780. The maximum Gasteiger partial charge on any atom is 0.256 e. The van der Waals surface area contributed by atoms with E-state index >= 15 is 0 Å². The molecule has 1 amide bonds. The number of halogens is 3. The Morgan fingerprint density at radius 1 is 1.59 bits per heavy atom. The minimum atomic E-state index is 0. The predicted molar refractivity (Wildman–Crippen MR) is 80.3 cm³/mol. The first-order valence-corrected chi connectivity index (χ1v) is 7.46. The Bertz CT molecular complexity index is 413. The van der Waals surface area contributed by atoms with E-state index in [1.165, 1.54) is 11.3 Å². The van der Waals surface area contributed by atoms with E-state index < -0.39 is 0 Å². The first-order chi connectivity index (χ1) is 7.59. The van der Waals surface area contributed by atoms with Crippen LogP contribution in [-0.2, 0) is 0 Å². The van der Waals surface area contributed by atoms with Gasteiger partial charge in [0.15, 0.2) is 0 Å². The molecule has 0 spiro atoms. The van der Waals surface area contributed by atoms with Gasteiger partial charge in [-0.15, -0.1) is 23.7 Å². The van der Waals surface area contributed by atoms with Gasteiger partial charge in [-0.2, -0.15) is 0 Å². The molecule has 2 rings (SSSR count). The van der Waals surface area contributed by atoms with Crippen molar-refractivity contribution in [3.05, 3.63) is 19.2 Å². The molecule has 1 saturated heterocycles. The van der Waals surface area contributed by atoms with Gasteiger partial charge in [0.2, 0.25) is 0 Å². The zero-order chi connectivity index (χ0) is 11.7. The van der Waals surface area contributed by atoms with Crippen molar-refractivity contribution >= 4 is 61.5 Å². The molecule has 0 aliphatic carbocycles. The maximum atomic E-state index is 12.3. The first-order valence-electron chi connectivity index (χ1n) is 5.06. The zero-order valence-corrected chi connectivity index (χ0v) is 14.0. The van der Waals surface area contributed by atoms with Crippen LogP contribution in [0.4, 0.5) is 0 Å². The van der Waals surface area contributed by atoms with Gasteiger partial charge in [0.05, 0.1) is 13.1 Å². The number of amides is 1. The van der Waals surface area contributed by atoms with E-state index in [1.807, 2.05) is 11.0 Å². The molecule has 1 fully saturated rings. The third-order valence-electron chi connectivity index (χ3n) is 2.65. The lowest BCUT2D eigenvalue weighted by Gasteiger charge is -2.33. The van der Waals surface area contributed by atoms with Gasteiger partial charge in [-0.05, 0) is 44.8 Å². The lowest BCUT2D eigenvalue weighted by Crippen LogP contribution is -2.52. The standard InChI is InChI=1S/C10H12Br2N2OS.ClH/c1-6-5-13-2-3-14(6)10(15)7-4-8(11)16-9(7)12;/h4,6,13H,2-3,5H2,1H3;1H/t6-;/m1./s1. The minimum absolute atomic E-state index is 0. The van der Waals surface area contributed by atoms with Crippen molar-refractivity contribution in [3.63, 3.8) is 0 Å². The van der Waals surface area contributed by atoms with Gasteiger partial charge in [0.1, 0.15) is 0 Å². The Hall–Kier alpha value is 0.380. The molecule has 1 N–H and O–H groups in total. The second-order valence-corrected chi connectivity index (χ2v) is 7.54. The summed E-state index contributed by atoms with van der Waals surface area (Å²) < 4.78 is 1.88. The maximum absolute atomic E-state index is 12.3. The van der Waals surface area contributed by atoms with Crippen molar-refractivity contribution < 1.29 is 4.79 Å². The fourth-order valence-electron chi connectivity index (χ4n) is 1.78. The summed E-state index contributed by atoms with van der Waals surface area (Å²) >= 11 is 8.36. The largest absolute Gasteiger partial charge is 0.333 e. The summed E-state index contributed by atoms with van der Waals surface area (Å²) in [6, 6.07) is 2.14. The van der Waals surface area contributed by atoms with Gasteiger partial charge < -0.3 is 10.2 Å². The molecule has 1 aliphatic rings. The van der Waals surface area contributed by atoms with Crippen molar-refractivity contribution in [2.75, 3.05) is 19.6 Å². The molecule has 7 heteroatoms. The Morgan fingerprint density at radius 2 is 2.29 bits per heavy atom. The van der Waals surface area contributed by atoms with Crippen LogP contribution >= 0.6 is 55.6 Å². The van der Waals surface area contributed by atoms with E-state index in [0.29, 0.717) is 0 Å². The predicted octanol–water partition coefficient (Wildman–Crippen LogP) is 3.13. The summed E-state index contributed by atoms with van der Waals surface area (Å²) in [5.41, 5.74) is 0.755. The van der Waals surface area contributed by atoms with Gasteiger partial charge in [-0.25, -0.2) is 0 Å². The summed E-state index contributed by atoms with van der Waals surface area (Å²) in [6.07, 6.45) is 0. The zero-order valence-electron chi connectivity index (χ0n) is 9.20. The average Bonchev–Trinajstić information content (AvgIpc) is 2.58. The minimum Gasteiger partial charge on any atom is -0.333 e. The summed E-state index contributed by atoms with van der Waals surface area (Å²) in [5, 5.41) is 3.28. The Labute approximate surface area is 128 Å². The summed E-state index contributed by atoms with van der Waals surface area (Å²) in [5.74, 6) is 0.114. The number of thiophene rings is 1. The molecule has 1 aromatic rings. The highest BCUT2D eigenvalue weighted by Crippen LogP contribution is 2.32. The van der Waals surface area contributed by atoms with E-state index in [9.17, 15) is 4.79 Å². The fraction of sp³-hybridized carbons (Fsp3) is 0.500. The number of hydrogen-bond donors (Lipinski definition) is 1. The van der Waals surface area contributed by atoms with Crippen LogP contribution in [0.3, 0.4) is 0 Å². The van der Waals surface area contributed by atoms with Crippen LogP contribution in [0.1, 0.15) is 17.3 Å². The fourth-order valence-corrected chi connectivity index (χ4v) is 4.56. The molecule has 1 aromatic heterocycles. The average molecular weight is 405 g/mol. The Morgan fingerprint density at radius 3 is 2.82 bits per heavy atom. The highest BCUT2D eigenvalue weighted by atomic mass is 79.9. The first kappa shape index (κ1) is 15.4. The van der Waals surface area contributed by atoms with Crippen molar-refractivity contribution in [1.29, 1.82) is 0 Å². The van der Waals surface area contributed by atoms with Crippen LogP contribution < -0.4 is 5.32 Å². The highest BCUT2D eigenvalue weighted by molar-refractivity contribution is 9.12. The number of carbonyl (C=O) groups is 1. The number of nitrogens with one attached hydrogen (secondary N) is 1. The molecule has 1 atom stereocenters. The summed E-state index contributed by atoms with van der Waals surface area (Å²) in [7, 11) is 0. The highest BCUT2D eigenvalue weighted by Gasteiger charge is 2.26. The number of hydrogen-bond acceptors (Lipinski definition) is 3. The van der Waals surface area contributed by atoms with Crippen LogP contribution in [-0.4, -0.2) is 36.5 Å². The second-order valence-electron chi connectivity index (χ2n) is 3.79. The smallest absolute Gasteiger partial charge is 0.256 e. The molecule has 0 saturated carbocycles. The molecule has 2 heterocycles. The van der Waals surface area contributed by atoms with E-state index in [0.717, 1.165) is 32.8 Å².